The van der Waals surface area contributed by atoms with E-state index < -0.39 is 23.7 Å². The van der Waals surface area contributed by atoms with E-state index in [1.165, 1.54) is 26.4 Å². The molecular weight excluding hydrogens is 390 g/mol. The van der Waals surface area contributed by atoms with E-state index in [-0.39, 0.29) is 16.4 Å². The van der Waals surface area contributed by atoms with E-state index in [4.69, 9.17) is 4.74 Å². The SMILES string of the molecule is COC(=O)CN1C(=O)S/C(=C/c2cc(Br)c(O)c(OC)c2)C1=O. The van der Waals surface area contributed by atoms with Gasteiger partial charge in [-0.15, -0.1) is 0 Å². The monoisotopic (exact) mass is 401 g/mol. The van der Waals surface area contributed by atoms with Crippen molar-refractivity contribution in [3.05, 3.63) is 27.1 Å². The van der Waals surface area contributed by atoms with Crippen LogP contribution in [0.2, 0.25) is 0 Å². The Morgan fingerprint density at radius 2 is 2.09 bits per heavy atom. The Morgan fingerprint density at radius 1 is 1.39 bits per heavy atom. The lowest BCUT2D eigenvalue weighted by Crippen LogP contribution is -2.34. The van der Waals surface area contributed by atoms with Gasteiger partial charge in [0.15, 0.2) is 11.5 Å². The number of methoxy groups -OCH3 is 2. The molecule has 2 rings (SSSR count). The van der Waals surface area contributed by atoms with Gasteiger partial charge in [0.2, 0.25) is 0 Å². The van der Waals surface area contributed by atoms with Crippen molar-refractivity contribution in [2.24, 2.45) is 0 Å². The fraction of sp³-hybridized carbons (Fsp3) is 0.214. The molecule has 0 spiro atoms. The number of imide groups is 1. The number of phenols is 1. The highest BCUT2D eigenvalue weighted by molar-refractivity contribution is 9.10. The molecule has 0 radical (unpaired) electrons. The number of carbonyl (C=O) groups excluding carboxylic acids is 3. The van der Waals surface area contributed by atoms with Gasteiger partial charge in [-0.25, -0.2) is 0 Å². The van der Waals surface area contributed by atoms with Crippen molar-refractivity contribution in [2.45, 2.75) is 0 Å². The second-order valence-electron chi connectivity index (χ2n) is 4.40. The first-order valence-electron chi connectivity index (χ1n) is 6.26. The van der Waals surface area contributed by atoms with Crippen LogP contribution in [0.15, 0.2) is 21.5 Å². The van der Waals surface area contributed by atoms with E-state index in [0.717, 1.165) is 16.7 Å². The van der Waals surface area contributed by atoms with Crippen LogP contribution in [0.3, 0.4) is 0 Å². The van der Waals surface area contributed by atoms with Crippen molar-refractivity contribution in [2.75, 3.05) is 20.8 Å². The molecule has 1 fully saturated rings. The Bertz CT molecular complexity index is 717. The number of hydrogen-bond acceptors (Lipinski definition) is 7. The van der Waals surface area contributed by atoms with E-state index in [1.54, 1.807) is 6.07 Å². The molecule has 0 unspecified atom stereocenters. The molecule has 0 saturated carbocycles. The fourth-order valence-corrected chi connectivity index (χ4v) is 3.11. The standard InChI is InChI=1S/C14H12BrNO6S/c1-21-9-4-7(3-8(15)12(9)18)5-10-13(19)16(14(20)23-10)6-11(17)22-2/h3-5,18H,6H2,1-2H3/b10-5+. The highest BCUT2D eigenvalue weighted by Crippen LogP contribution is 2.38. The summed E-state index contributed by atoms with van der Waals surface area (Å²) in [5.74, 6) is -1.10. The summed E-state index contributed by atoms with van der Waals surface area (Å²) in [7, 11) is 2.58. The molecular formula is C14H12BrNO6S. The minimum atomic E-state index is -0.678. The van der Waals surface area contributed by atoms with E-state index in [2.05, 4.69) is 20.7 Å². The number of nitrogens with zero attached hydrogens (tertiary/aromatic N) is 1. The zero-order chi connectivity index (χ0) is 17.1. The second kappa shape index (κ2) is 7.05. The van der Waals surface area contributed by atoms with Gasteiger partial charge in [-0.05, 0) is 51.5 Å². The topological polar surface area (TPSA) is 93.1 Å². The highest BCUT2D eigenvalue weighted by Gasteiger charge is 2.36. The molecule has 1 aromatic carbocycles. The predicted molar refractivity (Wildman–Crippen MR) is 87.1 cm³/mol. The Balaban J connectivity index is 2.31. The summed E-state index contributed by atoms with van der Waals surface area (Å²) in [6.07, 6.45) is 1.48. The lowest BCUT2D eigenvalue weighted by atomic mass is 10.2. The third kappa shape index (κ3) is 3.67. The number of halogens is 1. The average molecular weight is 402 g/mol. The first kappa shape index (κ1) is 17.4. The van der Waals surface area contributed by atoms with Crippen molar-refractivity contribution in [1.29, 1.82) is 0 Å². The molecule has 122 valence electrons. The third-order valence-electron chi connectivity index (χ3n) is 2.96. The van der Waals surface area contributed by atoms with Gasteiger partial charge in [0.25, 0.3) is 11.1 Å². The maximum Gasteiger partial charge on any atom is 0.325 e. The van der Waals surface area contributed by atoms with Crippen LogP contribution >= 0.6 is 27.7 Å². The summed E-state index contributed by atoms with van der Waals surface area (Å²) in [5.41, 5.74) is 0.551. The molecule has 1 saturated heterocycles. The maximum atomic E-state index is 12.2. The Morgan fingerprint density at radius 3 is 2.70 bits per heavy atom. The molecule has 1 aliphatic rings. The van der Waals surface area contributed by atoms with Gasteiger partial charge in [-0.2, -0.15) is 0 Å². The number of carbonyl (C=O) groups is 3. The molecule has 0 atom stereocenters. The predicted octanol–water partition coefficient (Wildman–Crippen LogP) is 2.37. The summed E-state index contributed by atoms with van der Waals surface area (Å²) >= 11 is 3.90. The van der Waals surface area contributed by atoms with E-state index in [0.29, 0.717) is 10.0 Å². The fourth-order valence-electron chi connectivity index (χ4n) is 1.81. The van der Waals surface area contributed by atoms with Crippen molar-refractivity contribution >= 4 is 50.9 Å². The largest absolute Gasteiger partial charge is 0.503 e. The number of ether oxygens (including phenoxy) is 2. The number of rotatable bonds is 4. The van der Waals surface area contributed by atoms with Crippen LogP contribution < -0.4 is 4.74 Å². The van der Waals surface area contributed by atoms with E-state index >= 15 is 0 Å². The zero-order valence-electron chi connectivity index (χ0n) is 12.2. The molecule has 0 aromatic heterocycles. The first-order valence-corrected chi connectivity index (χ1v) is 7.87. The maximum absolute atomic E-state index is 12.2. The average Bonchev–Trinajstić information content (AvgIpc) is 2.78. The van der Waals surface area contributed by atoms with Crippen LogP contribution in [-0.2, 0) is 14.3 Å². The first-order chi connectivity index (χ1) is 10.9. The number of amides is 2. The Labute approximate surface area is 144 Å². The molecule has 23 heavy (non-hydrogen) atoms. The quantitative estimate of drug-likeness (QED) is 0.611. The third-order valence-corrected chi connectivity index (χ3v) is 4.47. The van der Waals surface area contributed by atoms with Crippen LogP contribution in [0.4, 0.5) is 4.79 Å². The number of benzene rings is 1. The molecule has 0 bridgehead atoms. The van der Waals surface area contributed by atoms with Crippen LogP contribution in [0.5, 0.6) is 11.5 Å². The molecule has 1 aromatic rings. The molecule has 9 heteroatoms. The van der Waals surface area contributed by atoms with Crippen LogP contribution in [0.1, 0.15) is 5.56 Å². The minimum Gasteiger partial charge on any atom is -0.503 e. The minimum absolute atomic E-state index is 0.0663. The number of esters is 1. The van der Waals surface area contributed by atoms with Gasteiger partial charge in [-0.1, -0.05) is 0 Å². The Hall–Kier alpha value is -2.00. The summed E-state index contributed by atoms with van der Waals surface area (Å²) in [4.78, 5) is 36.2. The van der Waals surface area contributed by atoms with Crippen LogP contribution in [0.25, 0.3) is 6.08 Å². The molecule has 1 aliphatic heterocycles. The van der Waals surface area contributed by atoms with Crippen LogP contribution in [-0.4, -0.2) is 47.9 Å². The Kier molecular flexibility index (Phi) is 5.32. The number of hydrogen-bond donors (Lipinski definition) is 1. The molecule has 0 aliphatic carbocycles. The van der Waals surface area contributed by atoms with Gasteiger partial charge < -0.3 is 14.6 Å². The van der Waals surface area contributed by atoms with Gasteiger partial charge in [0.05, 0.1) is 23.6 Å². The summed E-state index contributed by atoms with van der Waals surface area (Å²) < 4.78 is 9.87. The smallest absolute Gasteiger partial charge is 0.325 e. The molecule has 2 amide bonds. The lowest BCUT2D eigenvalue weighted by Gasteiger charge is -2.10. The lowest BCUT2D eigenvalue weighted by molar-refractivity contribution is -0.143. The van der Waals surface area contributed by atoms with Crippen molar-refractivity contribution in [1.82, 2.24) is 4.90 Å². The molecule has 1 heterocycles. The molecule has 7 nitrogen and oxygen atoms in total. The van der Waals surface area contributed by atoms with Gasteiger partial charge in [0.1, 0.15) is 6.54 Å². The van der Waals surface area contributed by atoms with Crippen molar-refractivity contribution < 1.29 is 29.0 Å². The number of aromatic hydroxyl groups is 1. The van der Waals surface area contributed by atoms with E-state index in [1.807, 2.05) is 0 Å². The van der Waals surface area contributed by atoms with Gasteiger partial charge in [-0.3, -0.25) is 19.3 Å². The normalized spacial score (nSPS) is 16.1. The summed E-state index contributed by atoms with van der Waals surface area (Å²) in [5, 5.41) is 9.22. The second-order valence-corrected chi connectivity index (χ2v) is 6.25. The van der Waals surface area contributed by atoms with Crippen LogP contribution in [0, 0.1) is 0 Å². The zero-order valence-corrected chi connectivity index (χ0v) is 14.6. The summed E-state index contributed by atoms with van der Waals surface area (Å²) in [6.45, 7) is -0.429. The van der Waals surface area contributed by atoms with Gasteiger partial charge in [0, 0.05) is 0 Å². The number of thioether (sulfide) groups is 1. The number of phenolic OH excluding ortho intramolecular Hbond substituents is 1. The van der Waals surface area contributed by atoms with Crippen molar-refractivity contribution in [3.63, 3.8) is 0 Å². The van der Waals surface area contributed by atoms with E-state index in [9.17, 15) is 19.5 Å². The highest BCUT2D eigenvalue weighted by atomic mass is 79.9. The summed E-state index contributed by atoms with van der Waals surface area (Å²) in [6, 6.07) is 3.10. The molecule has 1 N–H and O–H groups in total. The van der Waals surface area contributed by atoms with Gasteiger partial charge >= 0.3 is 5.97 Å². The van der Waals surface area contributed by atoms with Crippen molar-refractivity contribution in [3.8, 4) is 11.5 Å².